The number of amides is 1. The first kappa shape index (κ1) is 11.2. The number of anilines is 1. The molecule has 1 aromatic rings. The Hall–Kier alpha value is -1.29. The number of phenolic OH excluding ortho intramolecular Hbond substituents is 1. The number of aromatic hydroxyl groups is 1. The fourth-order valence-electron chi connectivity index (χ4n) is 1.84. The number of carbonyl (C=O) groups excluding carboxylic acids is 1. The van der Waals surface area contributed by atoms with Gasteiger partial charge in [0.25, 0.3) is 0 Å². The minimum absolute atomic E-state index is 0.0902. The van der Waals surface area contributed by atoms with Crippen molar-refractivity contribution in [1.29, 1.82) is 0 Å². The molecule has 0 radical (unpaired) electrons. The highest BCUT2D eigenvalue weighted by Gasteiger charge is 2.31. The quantitative estimate of drug-likeness (QED) is 0.809. The molecule has 2 rings (SSSR count). The third-order valence-corrected chi connectivity index (χ3v) is 3.09. The fourth-order valence-corrected chi connectivity index (χ4v) is 2.05. The monoisotopic (exact) mass is 243 g/mol. The van der Waals surface area contributed by atoms with Gasteiger partial charge in [0.1, 0.15) is 11.6 Å². The van der Waals surface area contributed by atoms with Crippen molar-refractivity contribution in [3.63, 3.8) is 0 Å². The van der Waals surface area contributed by atoms with Crippen molar-refractivity contribution < 1.29 is 14.3 Å². The summed E-state index contributed by atoms with van der Waals surface area (Å²) in [5, 5.41) is 9.56. The number of nitrogens with zero attached hydrogens (tertiary/aromatic N) is 1. The van der Waals surface area contributed by atoms with Gasteiger partial charge in [-0.1, -0.05) is 0 Å². The lowest BCUT2D eigenvalue weighted by Crippen LogP contribution is -2.24. The number of carbonyl (C=O) groups is 1. The standard InChI is InChI=1S/C11H11ClFNO2/c12-5-7-3-11(16)14(6-7)9-2-1-8(13)4-10(9)15/h1-2,4,7,15H,3,5-6H2. The second-order valence-electron chi connectivity index (χ2n) is 3.86. The van der Waals surface area contributed by atoms with Crippen LogP contribution in [0.1, 0.15) is 6.42 Å². The SMILES string of the molecule is O=C1CC(CCl)CN1c1ccc(F)cc1O. The van der Waals surface area contributed by atoms with Crippen molar-refractivity contribution in [2.75, 3.05) is 17.3 Å². The summed E-state index contributed by atoms with van der Waals surface area (Å²) in [7, 11) is 0. The Balaban J connectivity index is 2.28. The van der Waals surface area contributed by atoms with Crippen LogP contribution in [0.15, 0.2) is 18.2 Å². The number of benzene rings is 1. The third kappa shape index (κ3) is 1.97. The van der Waals surface area contributed by atoms with Crippen molar-refractivity contribution in [2.24, 2.45) is 5.92 Å². The maximum atomic E-state index is 12.8. The molecule has 1 aliphatic rings. The van der Waals surface area contributed by atoms with Crippen molar-refractivity contribution in [2.45, 2.75) is 6.42 Å². The summed E-state index contributed by atoms with van der Waals surface area (Å²) in [6.45, 7) is 0.474. The molecule has 3 nitrogen and oxygen atoms in total. The smallest absolute Gasteiger partial charge is 0.227 e. The van der Waals surface area contributed by atoms with Crippen LogP contribution in [0.5, 0.6) is 5.75 Å². The van der Waals surface area contributed by atoms with Crippen LogP contribution in [0.25, 0.3) is 0 Å². The van der Waals surface area contributed by atoms with Gasteiger partial charge in [0.05, 0.1) is 5.69 Å². The predicted octanol–water partition coefficient (Wildman–Crippen LogP) is 2.12. The normalized spacial score (nSPS) is 20.5. The molecule has 1 saturated heterocycles. The van der Waals surface area contributed by atoms with E-state index in [1.54, 1.807) is 0 Å². The highest BCUT2D eigenvalue weighted by atomic mass is 35.5. The Morgan fingerprint density at radius 3 is 2.88 bits per heavy atom. The minimum Gasteiger partial charge on any atom is -0.506 e. The lowest BCUT2D eigenvalue weighted by atomic mass is 10.1. The van der Waals surface area contributed by atoms with Gasteiger partial charge < -0.3 is 10.0 Å². The van der Waals surface area contributed by atoms with Gasteiger partial charge in [-0.2, -0.15) is 0 Å². The number of hydrogen-bond acceptors (Lipinski definition) is 2. The summed E-state index contributed by atoms with van der Waals surface area (Å²) in [6.07, 6.45) is 0.375. The van der Waals surface area contributed by atoms with Gasteiger partial charge in [0, 0.05) is 24.9 Å². The van der Waals surface area contributed by atoms with Crippen LogP contribution in [0, 0.1) is 11.7 Å². The van der Waals surface area contributed by atoms with E-state index in [1.807, 2.05) is 0 Å². The van der Waals surface area contributed by atoms with Crippen LogP contribution in [0.4, 0.5) is 10.1 Å². The van der Waals surface area contributed by atoms with E-state index in [2.05, 4.69) is 0 Å². The van der Waals surface area contributed by atoms with E-state index in [9.17, 15) is 14.3 Å². The molecule has 1 fully saturated rings. The van der Waals surface area contributed by atoms with Crippen LogP contribution in [0.2, 0.25) is 0 Å². The summed E-state index contributed by atoms with van der Waals surface area (Å²) in [6, 6.07) is 3.62. The van der Waals surface area contributed by atoms with Gasteiger partial charge >= 0.3 is 0 Å². The molecule has 1 heterocycles. The van der Waals surface area contributed by atoms with E-state index in [0.29, 0.717) is 24.5 Å². The zero-order valence-electron chi connectivity index (χ0n) is 8.49. The molecule has 0 saturated carbocycles. The zero-order chi connectivity index (χ0) is 11.7. The molecule has 0 aliphatic carbocycles. The Bertz CT molecular complexity index is 424. The molecular weight excluding hydrogens is 233 g/mol. The number of alkyl halides is 1. The molecule has 1 atom stereocenters. The van der Waals surface area contributed by atoms with E-state index in [0.717, 1.165) is 6.07 Å². The number of rotatable bonds is 2. The number of hydrogen-bond donors (Lipinski definition) is 1. The molecule has 1 aromatic carbocycles. The maximum absolute atomic E-state index is 12.8. The van der Waals surface area contributed by atoms with Crippen molar-refractivity contribution in [3.8, 4) is 5.75 Å². The summed E-state index contributed by atoms with van der Waals surface area (Å²) >= 11 is 5.69. The van der Waals surface area contributed by atoms with Gasteiger partial charge in [-0.05, 0) is 18.1 Å². The molecule has 1 aliphatic heterocycles. The molecular formula is C11H11ClFNO2. The zero-order valence-corrected chi connectivity index (χ0v) is 9.25. The molecule has 86 valence electrons. The first-order chi connectivity index (χ1) is 7.61. The molecule has 1 N–H and O–H groups in total. The summed E-state index contributed by atoms with van der Waals surface area (Å²) in [5.41, 5.74) is 0.346. The Morgan fingerprint density at radius 2 is 2.31 bits per heavy atom. The van der Waals surface area contributed by atoms with Crippen LogP contribution in [0.3, 0.4) is 0 Å². The molecule has 16 heavy (non-hydrogen) atoms. The summed E-state index contributed by atoms with van der Waals surface area (Å²) in [5.74, 6) is -0.332. The average Bonchev–Trinajstić information content (AvgIpc) is 2.60. The first-order valence-electron chi connectivity index (χ1n) is 4.96. The topological polar surface area (TPSA) is 40.5 Å². The van der Waals surface area contributed by atoms with Gasteiger partial charge in [0.15, 0.2) is 0 Å². The van der Waals surface area contributed by atoms with Gasteiger partial charge in [-0.25, -0.2) is 4.39 Å². The maximum Gasteiger partial charge on any atom is 0.227 e. The van der Waals surface area contributed by atoms with E-state index < -0.39 is 5.82 Å². The number of halogens is 2. The number of phenols is 1. The minimum atomic E-state index is -0.526. The second kappa shape index (κ2) is 4.29. The molecule has 5 heteroatoms. The van der Waals surface area contributed by atoms with Crippen LogP contribution in [-0.4, -0.2) is 23.4 Å². The lowest BCUT2D eigenvalue weighted by Gasteiger charge is -2.17. The molecule has 0 bridgehead atoms. The molecule has 1 unspecified atom stereocenters. The van der Waals surface area contributed by atoms with Gasteiger partial charge in [-0.15, -0.1) is 11.6 Å². The largest absolute Gasteiger partial charge is 0.506 e. The molecule has 1 amide bonds. The Morgan fingerprint density at radius 1 is 1.56 bits per heavy atom. The predicted molar refractivity (Wildman–Crippen MR) is 59.2 cm³/mol. The average molecular weight is 244 g/mol. The second-order valence-corrected chi connectivity index (χ2v) is 4.17. The van der Waals surface area contributed by atoms with E-state index in [-0.39, 0.29) is 17.6 Å². The lowest BCUT2D eigenvalue weighted by molar-refractivity contribution is -0.117. The molecule has 0 spiro atoms. The molecule has 0 aromatic heterocycles. The van der Waals surface area contributed by atoms with Crippen LogP contribution >= 0.6 is 11.6 Å². The highest BCUT2D eigenvalue weighted by molar-refractivity contribution is 6.18. The van der Waals surface area contributed by atoms with E-state index in [4.69, 9.17) is 11.6 Å². The highest BCUT2D eigenvalue weighted by Crippen LogP contribution is 2.32. The first-order valence-corrected chi connectivity index (χ1v) is 5.50. The van der Waals surface area contributed by atoms with Crippen molar-refractivity contribution in [3.05, 3.63) is 24.0 Å². The third-order valence-electron chi connectivity index (χ3n) is 2.65. The van der Waals surface area contributed by atoms with Crippen LogP contribution in [-0.2, 0) is 4.79 Å². The fraction of sp³-hybridized carbons (Fsp3) is 0.364. The van der Waals surface area contributed by atoms with Crippen molar-refractivity contribution >= 4 is 23.2 Å². The van der Waals surface area contributed by atoms with E-state index >= 15 is 0 Å². The summed E-state index contributed by atoms with van der Waals surface area (Å²) < 4.78 is 12.8. The Kier molecular flexibility index (Phi) is 3.01. The summed E-state index contributed by atoms with van der Waals surface area (Å²) in [4.78, 5) is 13.1. The van der Waals surface area contributed by atoms with E-state index in [1.165, 1.54) is 17.0 Å². The van der Waals surface area contributed by atoms with Crippen molar-refractivity contribution in [1.82, 2.24) is 0 Å². The van der Waals surface area contributed by atoms with Crippen LogP contribution < -0.4 is 4.90 Å². The van der Waals surface area contributed by atoms with Gasteiger partial charge in [-0.3, -0.25) is 4.79 Å². The Labute approximate surface area is 97.4 Å². The van der Waals surface area contributed by atoms with Gasteiger partial charge in [0.2, 0.25) is 5.91 Å².